The SMILES string of the molecule is CC1CCC(CN2CC(C(C)(C)C)NCC2C(C)C)CC1. The summed E-state index contributed by atoms with van der Waals surface area (Å²) in [7, 11) is 0. The van der Waals surface area contributed by atoms with Crippen molar-refractivity contribution in [3.8, 4) is 0 Å². The minimum Gasteiger partial charge on any atom is -0.311 e. The van der Waals surface area contributed by atoms with Gasteiger partial charge in [0.15, 0.2) is 0 Å². The molecule has 0 radical (unpaired) electrons. The summed E-state index contributed by atoms with van der Waals surface area (Å²) in [5.41, 5.74) is 0.362. The molecular weight excluding hydrogens is 256 g/mol. The third kappa shape index (κ3) is 4.69. The summed E-state index contributed by atoms with van der Waals surface area (Å²) in [6.07, 6.45) is 5.81. The van der Waals surface area contributed by atoms with Crippen molar-refractivity contribution < 1.29 is 0 Å². The lowest BCUT2D eigenvalue weighted by molar-refractivity contribution is 0.0434. The van der Waals surface area contributed by atoms with E-state index in [2.05, 4.69) is 51.8 Å². The van der Waals surface area contributed by atoms with Crippen LogP contribution in [0.15, 0.2) is 0 Å². The van der Waals surface area contributed by atoms with Crippen molar-refractivity contribution >= 4 is 0 Å². The third-order valence-electron chi connectivity index (χ3n) is 5.90. The van der Waals surface area contributed by atoms with Crippen molar-refractivity contribution in [2.45, 2.75) is 79.3 Å². The first-order valence-electron chi connectivity index (χ1n) is 9.24. The quantitative estimate of drug-likeness (QED) is 0.841. The molecule has 2 fully saturated rings. The second kappa shape index (κ2) is 7.00. The summed E-state index contributed by atoms with van der Waals surface area (Å²) in [6, 6.07) is 1.36. The molecule has 0 spiro atoms. The van der Waals surface area contributed by atoms with Gasteiger partial charge >= 0.3 is 0 Å². The second-order valence-corrected chi connectivity index (χ2v) is 9.22. The molecule has 2 atom stereocenters. The minimum absolute atomic E-state index is 0.362. The summed E-state index contributed by atoms with van der Waals surface area (Å²) in [5.74, 6) is 2.66. The Morgan fingerprint density at radius 2 is 1.71 bits per heavy atom. The molecule has 124 valence electrons. The van der Waals surface area contributed by atoms with Crippen molar-refractivity contribution in [1.29, 1.82) is 0 Å². The maximum absolute atomic E-state index is 3.82. The molecule has 1 aliphatic carbocycles. The zero-order valence-corrected chi connectivity index (χ0v) is 15.3. The number of nitrogens with one attached hydrogen (secondary N) is 1. The summed E-state index contributed by atoms with van der Waals surface area (Å²) in [6.45, 7) is 18.1. The van der Waals surface area contributed by atoms with E-state index in [9.17, 15) is 0 Å². The Labute approximate surface area is 133 Å². The Morgan fingerprint density at radius 3 is 2.24 bits per heavy atom. The van der Waals surface area contributed by atoms with E-state index in [0.29, 0.717) is 11.5 Å². The van der Waals surface area contributed by atoms with Gasteiger partial charge in [-0.3, -0.25) is 4.90 Å². The first kappa shape index (κ1) is 17.3. The van der Waals surface area contributed by atoms with Crippen LogP contribution in [0.2, 0.25) is 0 Å². The molecule has 0 bridgehead atoms. The van der Waals surface area contributed by atoms with Gasteiger partial charge in [0.05, 0.1) is 0 Å². The molecule has 0 amide bonds. The molecule has 21 heavy (non-hydrogen) atoms. The van der Waals surface area contributed by atoms with Crippen molar-refractivity contribution in [3.05, 3.63) is 0 Å². The zero-order valence-electron chi connectivity index (χ0n) is 15.3. The van der Waals surface area contributed by atoms with Crippen molar-refractivity contribution in [2.24, 2.45) is 23.2 Å². The van der Waals surface area contributed by atoms with Gasteiger partial charge < -0.3 is 5.32 Å². The van der Waals surface area contributed by atoms with E-state index in [-0.39, 0.29) is 0 Å². The monoisotopic (exact) mass is 294 g/mol. The maximum atomic E-state index is 3.82. The van der Waals surface area contributed by atoms with Crippen LogP contribution in [0.1, 0.15) is 67.2 Å². The van der Waals surface area contributed by atoms with Crippen molar-refractivity contribution in [1.82, 2.24) is 10.2 Å². The highest BCUT2D eigenvalue weighted by atomic mass is 15.2. The fourth-order valence-electron chi connectivity index (χ4n) is 4.12. The van der Waals surface area contributed by atoms with Gasteiger partial charge in [-0.15, -0.1) is 0 Å². The van der Waals surface area contributed by atoms with Crippen LogP contribution >= 0.6 is 0 Å². The van der Waals surface area contributed by atoms with Gasteiger partial charge in [-0.2, -0.15) is 0 Å². The molecule has 0 aromatic heterocycles. The van der Waals surface area contributed by atoms with Crippen LogP contribution < -0.4 is 5.32 Å². The highest BCUT2D eigenvalue weighted by Gasteiger charge is 2.36. The first-order valence-corrected chi connectivity index (χ1v) is 9.24. The highest BCUT2D eigenvalue weighted by Crippen LogP contribution is 2.31. The second-order valence-electron chi connectivity index (χ2n) is 9.22. The van der Waals surface area contributed by atoms with Gasteiger partial charge in [-0.05, 0) is 36.0 Å². The first-order chi connectivity index (χ1) is 9.77. The van der Waals surface area contributed by atoms with Crippen LogP contribution in [-0.2, 0) is 0 Å². The van der Waals surface area contributed by atoms with Crippen LogP contribution in [-0.4, -0.2) is 36.6 Å². The van der Waals surface area contributed by atoms with Crippen LogP contribution in [0, 0.1) is 23.2 Å². The fourth-order valence-corrected chi connectivity index (χ4v) is 4.12. The number of rotatable bonds is 3. The third-order valence-corrected chi connectivity index (χ3v) is 5.90. The number of hydrogen-bond donors (Lipinski definition) is 1. The Bertz CT molecular complexity index is 310. The molecule has 1 saturated heterocycles. The van der Waals surface area contributed by atoms with E-state index < -0.39 is 0 Å². The molecule has 1 heterocycles. The largest absolute Gasteiger partial charge is 0.311 e. The molecule has 2 unspecified atom stereocenters. The van der Waals surface area contributed by atoms with Crippen molar-refractivity contribution in [2.75, 3.05) is 19.6 Å². The summed E-state index contributed by atoms with van der Waals surface area (Å²) >= 11 is 0. The zero-order chi connectivity index (χ0) is 15.6. The minimum atomic E-state index is 0.362. The van der Waals surface area contributed by atoms with E-state index >= 15 is 0 Å². The molecule has 2 aliphatic rings. The summed E-state index contributed by atoms with van der Waals surface area (Å²) in [5, 5.41) is 3.82. The predicted molar refractivity (Wildman–Crippen MR) is 92.6 cm³/mol. The molecule has 0 aromatic carbocycles. The molecule has 2 rings (SSSR count). The normalized spacial score (nSPS) is 36.1. The Hall–Kier alpha value is -0.0800. The Kier molecular flexibility index (Phi) is 5.76. The van der Waals surface area contributed by atoms with Crippen LogP contribution in [0.4, 0.5) is 0 Å². The fraction of sp³-hybridized carbons (Fsp3) is 1.00. The van der Waals surface area contributed by atoms with Gasteiger partial charge in [-0.1, -0.05) is 54.4 Å². The average Bonchev–Trinajstić information content (AvgIpc) is 2.40. The molecule has 1 aliphatic heterocycles. The Morgan fingerprint density at radius 1 is 1.10 bits per heavy atom. The molecule has 2 heteroatoms. The van der Waals surface area contributed by atoms with E-state index in [0.717, 1.165) is 23.8 Å². The lowest BCUT2D eigenvalue weighted by Gasteiger charge is -2.48. The van der Waals surface area contributed by atoms with Crippen molar-refractivity contribution in [3.63, 3.8) is 0 Å². The molecule has 2 nitrogen and oxygen atoms in total. The molecular formula is C19H38N2. The smallest absolute Gasteiger partial charge is 0.0244 e. The lowest BCUT2D eigenvalue weighted by Crippen LogP contribution is -2.62. The topological polar surface area (TPSA) is 15.3 Å². The van der Waals surface area contributed by atoms with Gasteiger partial charge in [-0.25, -0.2) is 0 Å². The summed E-state index contributed by atoms with van der Waals surface area (Å²) < 4.78 is 0. The van der Waals surface area contributed by atoms with Gasteiger partial charge in [0, 0.05) is 31.7 Å². The standard InChI is InChI=1S/C19H38N2/c1-14(2)17-11-20-18(19(4,5)6)13-21(17)12-16-9-7-15(3)8-10-16/h14-18,20H,7-13H2,1-6H3. The molecule has 1 N–H and O–H groups in total. The van der Waals surface area contributed by atoms with E-state index in [1.54, 1.807) is 0 Å². The number of hydrogen-bond acceptors (Lipinski definition) is 2. The highest BCUT2D eigenvalue weighted by molar-refractivity contribution is 4.93. The molecule has 0 aromatic rings. The summed E-state index contributed by atoms with van der Waals surface area (Å²) in [4.78, 5) is 2.83. The van der Waals surface area contributed by atoms with E-state index in [4.69, 9.17) is 0 Å². The average molecular weight is 295 g/mol. The maximum Gasteiger partial charge on any atom is 0.0244 e. The van der Waals surface area contributed by atoms with E-state index in [1.165, 1.54) is 45.3 Å². The van der Waals surface area contributed by atoms with Crippen LogP contribution in [0.25, 0.3) is 0 Å². The van der Waals surface area contributed by atoms with Gasteiger partial charge in [0.25, 0.3) is 0 Å². The van der Waals surface area contributed by atoms with E-state index in [1.807, 2.05) is 0 Å². The molecule has 1 saturated carbocycles. The van der Waals surface area contributed by atoms with Crippen LogP contribution in [0.3, 0.4) is 0 Å². The predicted octanol–water partition coefficient (Wildman–Crippen LogP) is 4.16. The number of nitrogens with zero attached hydrogens (tertiary/aromatic N) is 1. The number of piperazine rings is 1. The lowest BCUT2D eigenvalue weighted by atomic mass is 9.80. The van der Waals surface area contributed by atoms with Gasteiger partial charge in [0.1, 0.15) is 0 Å². The van der Waals surface area contributed by atoms with Crippen LogP contribution in [0.5, 0.6) is 0 Å². The van der Waals surface area contributed by atoms with Gasteiger partial charge in [0.2, 0.25) is 0 Å². The Balaban J connectivity index is 1.97.